The molecule has 0 fully saturated rings. The number of rotatable bonds is 2. The Hall–Kier alpha value is -1.45. The molecule has 2 aromatic rings. The van der Waals surface area contributed by atoms with Crippen LogP contribution in [0, 0.1) is 13.8 Å². The Balaban J connectivity index is 2.34. The van der Waals surface area contributed by atoms with Crippen molar-refractivity contribution >= 4 is 40.5 Å². The highest BCUT2D eigenvalue weighted by atomic mass is 35.5. The molecule has 5 heteroatoms. The highest BCUT2D eigenvalue weighted by Crippen LogP contribution is 2.29. The van der Waals surface area contributed by atoms with E-state index in [9.17, 15) is 0 Å². The van der Waals surface area contributed by atoms with E-state index in [1.54, 1.807) is 6.07 Å². The summed E-state index contributed by atoms with van der Waals surface area (Å²) in [4.78, 5) is 4.12. The van der Waals surface area contributed by atoms with Crippen LogP contribution in [-0.2, 0) is 0 Å². The largest absolute Gasteiger partial charge is 0.382 e. The summed E-state index contributed by atoms with van der Waals surface area (Å²) >= 11 is 11.9. The van der Waals surface area contributed by atoms with E-state index in [-0.39, 0.29) is 5.82 Å². The number of aromatic nitrogens is 1. The van der Waals surface area contributed by atoms with Crippen molar-refractivity contribution in [2.75, 3.05) is 11.1 Å². The van der Waals surface area contributed by atoms with Gasteiger partial charge in [0.15, 0.2) is 5.82 Å². The Morgan fingerprint density at radius 3 is 2.44 bits per heavy atom. The molecule has 3 nitrogen and oxygen atoms in total. The third-order valence-corrected chi connectivity index (χ3v) is 3.32. The van der Waals surface area contributed by atoms with E-state index in [0.717, 1.165) is 5.69 Å². The number of aryl methyl sites for hydroxylation is 2. The minimum Gasteiger partial charge on any atom is -0.382 e. The second-order valence-corrected chi connectivity index (χ2v) is 4.92. The normalized spacial score (nSPS) is 10.4. The van der Waals surface area contributed by atoms with Gasteiger partial charge in [0.1, 0.15) is 5.82 Å². The predicted molar refractivity (Wildman–Crippen MR) is 77.9 cm³/mol. The average molecular weight is 282 g/mol. The predicted octanol–water partition coefficient (Wildman–Crippen LogP) is 4.33. The molecule has 0 unspecified atom stereocenters. The highest BCUT2D eigenvalue weighted by molar-refractivity contribution is 6.37. The Kier molecular flexibility index (Phi) is 3.64. The lowest BCUT2D eigenvalue weighted by atomic mass is 10.1. The number of halogens is 2. The Bertz CT molecular complexity index is 597. The molecular weight excluding hydrogens is 269 g/mol. The van der Waals surface area contributed by atoms with Gasteiger partial charge in [0, 0.05) is 5.69 Å². The van der Waals surface area contributed by atoms with Crippen LogP contribution in [0.1, 0.15) is 11.1 Å². The van der Waals surface area contributed by atoms with Crippen LogP contribution in [0.15, 0.2) is 24.3 Å². The maximum Gasteiger partial charge on any atom is 0.151 e. The summed E-state index contributed by atoms with van der Waals surface area (Å²) in [6.45, 7) is 4.11. The van der Waals surface area contributed by atoms with Crippen LogP contribution in [0.4, 0.5) is 17.3 Å². The van der Waals surface area contributed by atoms with Gasteiger partial charge >= 0.3 is 0 Å². The van der Waals surface area contributed by atoms with Crippen molar-refractivity contribution in [1.82, 2.24) is 4.98 Å². The fraction of sp³-hybridized carbons (Fsp3) is 0.154. The average Bonchev–Trinajstić information content (AvgIpc) is 2.31. The first-order valence-electron chi connectivity index (χ1n) is 5.43. The zero-order chi connectivity index (χ0) is 13.3. The smallest absolute Gasteiger partial charge is 0.151 e. The first-order chi connectivity index (χ1) is 8.47. The second kappa shape index (κ2) is 5.04. The SMILES string of the molecule is Cc1ccc(Nc2nc(N)c(Cl)cc2Cl)cc1C. The van der Waals surface area contributed by atoms with E-state index in [1.165, 1.54) is 11.1 Å². The number of hydrogen-bond donors (Lipinski definition) is 2. The molecule has 2 rings (SSSR count). The van der Waals surface area contributed by atoms with Gasteiger partial charge in [-0.2, -0.15) is 0 Å². The number of nitrogen functional groups attached to an aromatic ring is 1. The molecule has 0 aliphatic rings. The van der Waals surface area contributed by atoms with Crippen molar-refractivity contribution in [1.29, 1.82) is 0 Å². The first-order valence-corrected chi connectivity index (χ1v) is 6.19. The van der Waals surface area contributed by atoms with Crippen LogP contribution in [0.3, 0.4) is 0 Å². The van der Waals surface area contributed by atoms with E-state index in [0.29, 0.717) is 15.9 Å². The van der Waals surface area contributed by atoms with Crippen molar-refractivity contribution in [3.05, 3.63) is 45.4 Å². The van der Waals surface area contributed by atoms with Crippen LogP contribution in [0.5, 0.6) is 0 Å². The summed E-state index contributed by atoms with van der Waals surface area (Å²) < 4.78 is 0. The summed E-state index contributed by atoms with van der Waals surface area (Å²) in [5.41, 5.74) is 8.99. The highest BCUT2D eigenvalue weighted by Gasteiger charge is 2.07. The molecule has 18 heavy (non-hydrogen) atoms. The molecule has 0 bridgehead atoms. The lowest BCUT2D eigenvalue weighted by Gasteiger charge is -2.10. The minimum atomic E-state index is 0.257. The summed E-state index contributed by atoms with van der Waals surface area (Å²) in [6.07, 6.45) is 0. The van der Waals surface area contributed by atoms with E-state index < -0.39 is 0 Å². The molecule has 0 atom stereocenters. The lowest BCUT2D eigenvalue weighted by Crippen LogP contribution is -1.99. The topological polar surface area (TPSA) is 50.9 Å². The Labute approximate surface area is 116 Å². The quantitative estimate of drug-likeness (QED) is 0.861. The number of nitrogens with two attached hydrogens (primary N) is 1. The van der Waals surface area contributed by atoms with Crippen LogP contribution in [0.25, 0.3) is 0 Å². The van der Waals surface area contributed by atoms with Gasteiger partial charge < -0.3 is 11.1 Å². The maximum atomic E-state index is 6.06. The fourth-order valence-electron chi connectivity index (χ4n) is 1.52. The molecular formula is C13H13Cl2N3. The standard InChI is InChI=1S/C13H13Cl2N3/c1-7-3-4-9(5-8(7)2)17-13-11(15)6-10(14)12(16)18-13/h3-6H,1-2H3,(H3,16,17,18). The molecule has 1 heterocycles. The van der Waals surface area contributed by atoms with Crippen molar-refractivity contribution in [3.8, 4) is 0 Å². The minimum absolute atomic E-state index is 0.257. The van der Waals surface area contributed by atoms with Gasteiger partial charge in [-0.1, -0.05) is 29.3 Å². The van der Waals surface area contributed by atoms with Gasteiger partial charge in [0.05, 0.1) is 10.0 Å². The van der Waals surface area contributed by atoms with E-state index in [2.05, 4.69) is 17.2 Å². The lowest BCUT2D eigenvalue weighted by molar-refractivity contribution is 1.29. The number of pyridine rings is 1. The molecule has 94 valence electrons. The van der Waals surface area contributed by atoms with Gasteiger partial charge in [-0.25, -0.2) is 4.98 Å². The molecule has 0 saturated carbocycles. The summed E-state index contributed by atoms with van der Waals surface area (Å²) in [5.74, 6) is 0.759. The molecule has 0 amide bonds. The number of anilines is 3. The second-order valence-electron chi connectivity index (χ2n) is 4.11. The third kappa shape index (κ3) is 2.68. The Morgan fingerprint density at radius 1 is 1.06 bits per heavy atom. The summed E-state index contributed by atoms with van der Waals surface area (Å²) in [7, 11) is 0. The van der Waals surface area contributed by atoms with Gasteiger partial charge in [0.2, 0.25) is 0 Å². The molecule has 1 aromatic heterocycles. The molecule has 0 spiro atoms. The molecule has 0 aliphatic carbocycles. The van der Waals surface area contributed by atoms with Gasteiger partial charge in [-0.05, 0) is 43.2 Å². The van der Waals surface area contributed by atoms with Crippen LogP contribution >= 0.6 is 23.2 Å². The van der Waals surface area contributed by atoms with E-state index in [4.69, 9.17) is 28.9 Å². The number of hydrogen-bond acceptors (Lipinski definition) is 3. The number of benzene rings is 1. The molecule has 3 N–H and O–H groups in total. The fourth-order valence-corrected chi connectivity index (χ4v) is 1.93. The molecule has 0 saturated heterocycles. The zero-order valence-corrected chi connectivity index (χ0v) is 11.6. The van der Waals surface area contributed by atoms with Gasteiger partial charge in [0.25, 0.3) is 0 Å². The first kappa shape index (κ1) is 13.0. The zero-order valence-electron chi connectivity index (χ0n) is 10.1. The van der Waals surface area contributed by atoms with Crippen LogP contribution in [-0.4, -0.2) is 4.98 Å². The van der Waals surface area contributed by atoms with Crippen LogP contribution in [0.2, 0.25) is 10.0 Å². The summed E-state index contributed by atoms with van der Waals surface area (Å²) in [6, 6.07) is 7.60. The van der Waals surface area contributed by atoms with Crippen LogP contribution < -0.4 is 11.1 Å². The van der Waals surface area contributed by atoms with E-state index in [1.807, 2.05) is 25.1 Å². The monoisotopic (exact) mass is 281 g/mol. The van der Waals surface area contributed by atoms with Crippen molar-refractivity contribution in [2.24, 2.45) is 0 Å². The number of nitrogens with zero attached hydrogens (tertiary/aromatic N) is 1. The number of nitrogens with one attached hydrogen (secondary N) is 1. The summed E-state index contributed by atoms with van der Waals surface area (Å²) in [5, 5.41) is 3.92. The van der Waals surface area contributed by atoms with Crippen molar-refractivity contribution < 1.29 is 0 Å². The maximum absolute atomic E-state index is 6.06. The van der Waals surface area contributed by atoms with Crippen molar-refractivity contribution in [3.63, 3.8) is 0 Å². The van der Waals surface area contributed by atoms with Gasteiger partial charge in [-0.15, -0.1) is 0 Å². The third-order valence-electron chi connectivity index (χ3n) is 2.73. The Morgan fingerprint density at radius 2 is 1.78 bits per heavy atom. The van der Waals surface area contributed by atoms with E-state index >= 15 is 0 Å². The van der Waals surface area contributed by atoms with Gasteiger partial charge in [-0.3, -0.25) is 0 Å². The van der Waals surface area contributed by atoms with Crippen molar-refractivity contribution in [2.45, 2.75) is 13.8 Å². The molecule has 0 aliphatic heterocycles. The molecule has 1 aromatic carbocycles. The molecule has 0 radical (unpaired) electrons.